The number of piperazine rings is 1. The lowest BCUT2D eigenvalue weighted by atomic mass is 10.1. The predicted octanol–water partition coefficient (Wildman–Crippen LogP) is 6.05. The average Bonchev–Trinajstić information content (AvgIpc) is 3.53. The number of aliphatic carboxylic acids is 3. The molecule has 2 heterocycles. The smallest absolute Gasteiger partial charge is 0.475 e. The van der Waals surface area contributed by atoms with E-state index in [2.05, 4.69) is 50.4 Å². The van der Waals surface area contributed by atoms with Crippen molar-refractivity contribution < 1.29 is 74.0 Å². The van der Waals surface area contributed by atoms with E-state index in [-0.39, 0.29) is 5.91 Å². The molecule has 2 aliphatic rings. The van der Waals surface area contributed by atoms with Gasteiger partial charge in [-0.15, -0.1) is 0 Å². The number of hydrogen-bond acceptors (Lipinski definition) is 7. The first kappa shape index (κ1) is 41.6. The number of nitrogens with one attached hydrogen (secondary N) is 1. The van der Waals surface area contributed by atoms with Crippen LogP contribution >= 0.6 is 0 Å². The number of aryl methyl sites for hydroxylation is 2. The number of pyridine rings is 1. The largest absolute Gasteiger partial charge is 0.490 e. The lowest BCUT2D eigenvalue weighted by Crippen LogP contribution is -2.46. The molecule has 2 aromatic carbocycles. The molecule has 1 fully saturated rings. The zero-order chi connectivity index (χ0) is 38.6. The Morgan fingerprint density at radius 1 is 0.608 bits per heavy atom. The SMILES string of the molecule is O=C(Nc1ccc2c(c1)CCC2)c1cccc(N2CCN(c3ccncc3)CC2)c1.O=C(O)C(F)(F)F.O=C(O)C(F)(F)F.O=C(O)C(F)(F)F. The number of anilines is 3. The van der Waals surface area contributed by atoms with Crippen molar-refractivity contribution in [1.82, 2.24) is 4.98 Å². The maximum absolute atomic E-state index is 12.8. The van der Waals surface area contributed by atoms with Crippen LogP contribution in [0.25, 0.3) is 0 Å². The number of carboxylic acids is 3. The number of carboxylic acid groups (broad SMARTS) is 3. The summed E-state index contributed by atoms with van der Waals surface area (Å²) < 4.78 is 95.2. The van der Waals surface area contributed by atoms with Gasteiger partial charge in [-0.3, -0.25) is 9.78 Å². The Balaban J connectivity index is 0.000000352. The number of hydrogen-bond donors (Lipinski definition) is 4. The molecule has 1 aliphatic heterocycles. The van der Waals surface area contributed by atoms with Gasteiger partial charge in [0.1, 0.15) is 0 Å². The Labute approximate surface area is 282 Å². The second-order valence-electron chi connectivity index (χ2n) is 10.4. The summed E-state index contributed by atoms with van der Waals surface area (Å²) in [5.74, 6) is -8.32. The fourth-order valence-electron chi connectivity index (χ4n) is 4.47. The van der Waals surface area contributed by atoms with Gasteiger partial charge in [-0.25, -0.2) is 14.4 Å². The van der Waals surface area contributed by atoms with E-state index in [0.29, 0.717) is 5.56 Å². The highest BCUT2D eigenvalue weighted by Gasteiger charge is 2.39. The minimum absolute atomic E-state index is 0.0507. The van der Waals surface area contributed by atoms with E-state index in [0.717, 1.165) is 50.4 Å². The van der Waals surface area contributed by atoms with Crippen LogP contribution in [0.3, 0.4) is 0 Å². The normalized spacial score (nSPS) is 13.9. The van der Waals surface area contributed by atoms with Gasteiger partial charge in [-0.1, -0.05) is 12.1 Å². The van der Waals surface area contributed by atoms with Crippen LogP contribution in [-0.4, -0.2) is 88.8 Å². The molecule has 4 N–H and O–H groups in total. The van der Waals surface area contributed by atoms with Gasteiger partial charge in [0.2, 0.25) is 0 Å². The van der Waals surface area contributed by atoms with Crippen LogP contribution in [0.15, 0.2) is 67.0 Å². The van der Waals surface area contributed by atoms with E-state index in [1.165, 1.54) is 23.2 Å². The summed E-state index contributed by atoms with van der Waals surface area (Å²) in [4.78, 5) is 48.4. The summed E-state index contributed by atoms with van der Waals surface area (Å²) in [6.07, 6.45) is -8.10. The molecular weight excluding hydrogens is 711 g/mol. The number of halogens is 9. The molecule has 0 saturated carbocycles. The molecule has 11 nitrogen and oxygen atoms in total. The first-order valence-corrected chi connectivity index (χ1v) is 14.4. The lowest BCUT2D eigenvalue weighted by Gasteiger charge is -2.37. The minimum Gasteiger partial charge on any atom is -0.475 e. The van der Waals surface area contributed by atoms with Crippen molar-refractivity contribution in [3.63, 3.8) is 0 Å². The van der Waals surface area contributed by atoms with Crippen molar-refractivity contribution in [3.05, 3.63) is 83.7 Å². The summed E-state index contributed by atoms with van der Waals surface area (Å²) in [5.41, 5.74) is 6.69. The fraction of sp³-hybridized carbons (Fsp3) is 0.323. The number of amides is 1. The molecule has 1 aliphatic carbocycles. The van der Waals surface area contributed by atoms with E-state index < -0.39 is 36.4 Å². The van der Waals surface area contributed by atoms with Gasteiger partial charge in [0.15, 0.2) is 0 Å². The number of carbonyl (C=O) groups is 4. The number of carbonyl (C=O) groups excluding carboxylic acids is 1. The van der Waals surface area contributed by atoms with Crippen LogP contribution < -0.4 is 15.1 Å². The van der Waals surface area contributed by atoms with Gasteiger partial charge < -0.3 is 30.4 Å². The molecule has 5 rings (SSSR count). The van der Waals surface area contributed by atoms with Gasteiger partial charge in [-0.05, 0) is 72.9 Å². The molecule has 0 spiro atoms. The van der Waals surface area contributed by atoms with Gasteiger partial charge in [0.25, 0.3) is 5.91 Å². The number of rotatable bonds is 4. The summed E-state index contributed by atoms with van der Waals surface area (Å²) in [7, 11) is 0. The molecule has 0 atom stereocenters. The van der Waals surface area contributed by atoms with E-state index in [9.17, 15) is 44.3 Å². The summed E-state index contributed by atoms with van der Waals surface area (Å²) in [6.45, 7) is 3.77. The van der Waals surface area contributed by atoms with E-state index in [1.807, 2.05) is 36.7 Å². The third-order valence-corrected chi connectivity index (χ3v) is 6.86. The first-order chi connectivity index (χ1) is 23.6. The van der Waals surface area contributed by atoms with Crippen molar-refractivity contribution in [2.45, 2.75) is 37.8 Å². The molecule has 0 unspecified atom stereocenters. The van der Waals surface area contributed by atoms with Crippen molar-refractivity contribution in [2.75, 3.05) is 41.3 Å². The number of alkyl halides is 9. The Kier molecular flexibility index (Phi) is 14.6. The Morgan fingerprint density at radius 3 is 1.53 bits per heavy atom. The highest BCUT2D eigenvalue weighted by molar-refractivity contribution is 6.04. The number of aromatic nitrogens is 1. The number of nitrogens with zero attached hydrogens (tertiary/aromatic N) is 3. The molecule has 3 aromatic rings. The van der Waals surface area contributed by atoms with E-state index >= 15 is 0 Å². The average molecular weight is 741 g/mol. The predicted molar refractivity (Wildman–Crippen MR) is 163 cm³/mol. The molecule has 51 heavy (non-hydrogen) atoms. The lowest BCUT2D eigenvalue weighted by molar-refractivity contribution is -0.193. The molecule has 0 bridgehead atoms. The minimum atomic E-state index is -5.08. The quantitative estimate of drug-likeness (QED) is 0.232. The zero-order valence-corrected chi connectivity index (χ0v) is 26.0. The Morgan fingerprint density at radius 2 is 1.06 bits per heavy atom. The highest BCUT2D eigenvalue weighted by atomic mass is 19.4. The van der Waals surface area contributed by atoms with Crippen LogP contribution in [0.1, 0.15) is 27.9 Å². The molecule has 278 valence electrons. The number of fused-ring (bicyclic) bond motifs is 1. The first-order valence-electron chi connectivity index (χ1n) is 14.4. The van der Waals surface area contributed by atoms with Gasteiger partial charge in [0.05, 0.1) is 0 Å². The molecule has 1 saturated heterocycles. The van der Waals surface area contributed by atoms with Crippen LogP contribution in [0.5, 0.6) is 0 Å². The van der Waals surface area contributed by atoms with Crippen LogP contribution in [-0.2, 0) is 27.2 Å². The van der Waals surface area contributed by atoms with Crippen molar-refractivity contribution in [2.24, 2.45) is 0 Å². The van der Waals surface area contributed by atoms with Crippen LogP contribution in [0.4, 0.5) is 56.6 Å². The van der Waals surface area contributed by atoms with E-state index in [1.54, 1.807) is 0 Å². The topological polar surface area (TPSA) is 160 Å². The van der Waals surface area contributed by atoms with Gasteiger partial charge in [0, 0.05) is 61.2 Å². The van der Waals surface area contributed by atoms with Crippen LogP contribution in [0, 0.1) is 0 Å². The molecule has 20 heteroatoms. The summed E-state index contributed by atoms with van der Waals surface area (Å²) in [6, 6.07) is 18.4. The van der Waals surface area contributed by atoms with Gasteiger partial charge in [-0.2, -0.15) is 39.5 Å². The summed E-state index contributed by atoms with van der Waals surface area (Å²) in [5, 5.41) is 24.5. The third-order valence-electron chi connectivity index (χ3n) is 6.86. The second kappa shape index (κ2) is 17.9. The van der Waals surface area contributed by atoms with Crippen molar-refractivity contribution in [3.8, 4) is 0 Å². The Bertz CT molecular complexity index is 1590. The maximum atomic E-state index is 12.8. The monoisotopic (exact) mass is 740 g/mol. The zero-order valence-electron chi connectivity index (χ0n) is 26.0. The molecule has 1 amide bonds. The summed E-state index contributed by atoms with van der Waals surface area (Å²) >= 11 is 0. The van der Waals surface area contributed by atoms with E-state index in [4.69, 9.17) is 29.7 Å². The third kappa shape index (κ3) is 14.1. The second-order valence-corrected chi connectivity index (χ2v) is 10.4. The van der Waals surface area contributed by atoms with Gasteiger partial charge >= 0.3 is 36.4 Å². The highest BCUT2D eigenvalue weighted by Crippen LogP contribution is 2.26. The standard InChI is InChI=1S/C25H26N4O.3C2HF3O2/c30-25(27-22-8-7-19-3-1-4-20(19)17-22)21-5-2-6-24(18-21)29-15-13-28(14-16-29)23-9-11-26-12-10-23;3*3-2(4,5)1(6)7/h2,5-12,17-18H,1,3-4,13-16H2,(H,27,30);3*(H,6,7). The van der Waals surface area contributed by atoms with Crippen molar-refractivity contribution >= 4 is 40.9 Å². The Hall–Kier alpha value is -5.56. The number of benzene rings is 2. The van der Waals surface area contributed by atoms with Crippen molar-refractivity contribution in [1.29, 1.82) is 0 Å². The molecule has 1 aromatic heterocycles. The fourth-order valence-corrected chi connectivity index (χ4v) is 4.47. The molecule has 0 radical (unpaired) electrons. The molecular formula is C31H29F9N4O7. The van der Waals surface area contributed by atoms with Crippen LogP contribution in [0.2, 0.25) is 0 Å². The maximum Gasteiger partial charge on any atom is 0.490 e.